The van der Waals surface area contributed by atoms with Gasteiger partial charge in [-0.2, -0.15) is 0 Å². The van der Waals surface area contributed by atoms with Crippen molar-refractivity contribution in [2.24, 2.45) is 5.92 Å². The summed E-state index contributed by atoms with van der Waals surface area (Å²) in [5.41, 5.74) is 7.20. The van der Waals surface area contributed by atoms with Crippen molar-refractivity contribution in [1.82, 2.24) is 4.90 Å². The molecule has 32 heavy (non-hydrogen) atoms. The molecule has 1 amide bonds. The van der Waals surface area contributed by atoms with Gasteiger partial charge in [-0.25, -0.2) is 9.59 Å². The van der Waals surface area contributed by atoms with Gasteiger partial charge in [-0.1, -0.05) is 37.7 Å². The normalized spacial score (nSPS) is 20.5. The molecule has 3 rings (SSSR count). The summed E-state index contributed by atoms with van der Waals surface area (Å²) in [7, 11) is -0.0658. The fourth-order valence-corrected chi connectivity index (χ4v) is 4.87. The lowest BCUT2D eigenvalue weighted by atomic mass is 9.90. The number of hydrogen-bond donors (Lipinski definition) is 0. The van der Waals surface area contributed by atoms with E-state index < -0.39 is 31.8 Å². The standard InChI is InChI=1S/C26H35NO4Si/c1-26(2,3)31-25(29)27-22-12-11-20(21(22)17-23(27)24(28)30-4)16-19-10-8-9-18(15-19)13-14-32(5,6)7/h8-10,15,20,23H,11-12,16-17H2,1-7H3. The van der Waals surface area contributed by atoms with E-state index in [0.29, 0.717) is 12.3 Å². The molecule has 1 aromatic carbocycles. The van der Waals surface area contributed by atoms with Crippen LogP contribution in [0.3, 0.4) is 0 Å². The number of hydrogen-bond acceptors (Lipinski definition) is 4. The first-order chi connectivity index (χ1) is 14.9. The Balaban J connectivity index is 1.83. The van der Waals surface area contributed by atoms with Crippen LogP contribution in [-0.4, -0.2) is 43.8 Å². The second-order valence-corrected chi connectivity index (χ2v) is 15.5. The number of esters is 1. The van der Waals surface area contributed by atoms with Gasteiger partial charge in [0.1, 0.15) is 19.7 Å². The van der Waals surface area contributed by atoms with E-state index in [9.17, 15) is 9.59 Å². The Morgan fingerprint density at radius 2 is 1.94 bits per heavy atom. The van der Waals surface area contributed by atoms with Gasteiger partial charge in [0.05, 0.1) is 7.11 Å². The number of carbonyl (C=O) groups is 2. The van der Waals surface area contributed by atoms with Crippen molar-refractivity contribution >= 4 is 20.1 Å². The lowest BCUT2D eigenvalue weighted by Crippen LogP contribution is -2.44. The Morgan fingerprint density at radius 1 is 1.22 bits per heavy atom. The van der Waals surface area contributed by atoms with Crippen molar-refractivity contribution in [2.45, 2.75) is 77.7 Å². The molecule has 0 aromatic heterocycles. The maximum absolute atomic E-state index is 12.9. The van der Waals surface area contributed by atoms with Gasteiger partial charge in [0.25, 0.3) is 0 Å². The third kappa shape index (κ3) is 5.83. The predicted molar refractivity (Wildman–Crippen MR) is 129 cm³/mol. The average molecular weight is 454 g/mol. The third-order valence-electron chi connectivity index (χ3n) is 5.66. The Hall–Kier alpha value is -2.52. The van der Waals surface area contributed by atoms with E-state index in [1.807, 2.05) is 20.8 Å². The zero-order chi connectivity index (χ0) is 23.7. The molecular formula is C26H35NO4Si. The van der Waals surface area contributed by atoms with Crippen LogP contribution in [0.15, 0.2) is 35.5 Å². The van der Waals surface area contributed by atoms with Crippen LogP contribution in [0.25, 0.3) is 0 Å². The van der Waals surface area contributed by atoms with Gasteiger partial charge in [-0.3, -0.25) is 4.90 Å². The van der Waals surface area contributed by atoms with Gasteiger partial charge in [0.2, 0.25) is 0 Å². The van der Waals surface area contributed by atoms with Crippen LogP contribution in [0.2, 0.25) is 19.6 Å². The van der Waals surface area contributed by atoms with Crippen LogP contribution >= 0.6 is 0 Å². The van der Waals surface area contributed by atoms with Crippen LogP contribution in [0.4, 0.5) is 4.79 Å². The van der Waals surface area contributed by atoms with E-state index >= 15 is 0 Å². The third-order valence-corrected chi connectivity index (χ3v) is 6.54. The van der Waals surface area contributed by atoms with E-state index in [4.69, 9.17) is 9.47 Å². The molecule has 0 radical (unpaired) electrons. The Labute approximate surface area is 193 Å². The minimum absolute atomic E-state index is 0.296. The molecule has 1 heterocycles. The van der Waals surface area contributed by atoms with Crippen LogP contribution < -0.4 is 0 Å². The highest BCUT2D eigenvalue weighted by molar-refractivity contribution is 6.83. The van der Waals surface area contributed by atoms with E-state index in [1.54, 1.807) is 4.90 Å². The summed E-state index contributed by atoms with van der Waals surface area (Å²) < 4.78 is 10.6. The largest absolute Gasteiger partial charge is 0.467 e. The SMILES string of the molecule is COC(=O)C1CC2=C(CCC2Cc2cccc(C#C[Si](C)(C)C)c2)N1C(=O)OC(C)(C)C. The fourth-order valence-electron chi connectivity index (χ4n) is 4.35. The molecule has 0 saturated carbocycles. The first-order valence-corrected chi connectivity index (χ1v) is 14.8. The number of ether oxygens (including phenoxy) is 2. The molecule has 0 saturated heterocycles. The summed E-state index contributed by atoms with van der Waals surface area (Å²) in [6.07, 6.45) is 2.64. The summed E-state index contributed by atoms with van der Waals surface area (Å²) in [5, 5.41) is 0. The van der Waals surface area contributed by atoms with Gasteiger partial charge in [0.15, 0.2) is 0 Å². The number of allylic oxidation sites excluding steroid dienone is 1. The second kappa shape index (κ2) is 9.15. The van der Waals surface area contributed by atoms with E-state index in [0.717, 1.165) is 30.5 Å². The molecule has 1 aliphatic heterocycles. The quantitative estimate of drug-likeness (QED) is 0.354. The lowest BCUT2D eigenvalue weighted by Gasteiger charge is -2.29. The molecule has 2 aliphatic rings. The molecule has 0 bridgehead atoms. The number of nitrogens with zero attached hydrogens (tertiary/aromatic N) is 1. The number of methoxy groups -OCH3 is 1. The Kier molecular flexibility index (Phi) is 6.90. The molecule has 172 valence electrons. The molecule has 0 spiro atoms. The molecule has 2 atom stereocenters. The average Bonchev–Trinajstić information content (AvgIpc) is 3.24. The van der Waals surface area contributed by atoms with Gasteiger partial charge in [0, 0.05) is 17.7 Å². The van der Waals surface area contributed by atoms with Gasteiger partial charge in [-0.15, -0.1) is 5.54 Å². The minimum atomic E-state index is -1.43. The monoisotopic (exact) mass is 453 g/mol. The van der Waals surface area contributed by atoms with Crippen molar-refractivity contribution < 1.29 is 19.1 Å². The maximum atomic E-state index is 12.9. The minimum Gasteiger partial charge on any atom is -0.467 e. The highest BCUT2D eigenvalue weighted by Crippen LogP contribution is 2.45. The zero-order valence-electron chi connectivity index (χ0n) is 20.4. The molecule has 6 heteroatoms. The summed E-state index contributed by atoms with van der Waals surface area (Å²) in [6.45, 7) is 12.2. The van der Waals surface area contributed by atoms with Crippen molar-refractivity contribution in [3.8, 4) is 11.5 Å². The zero-order valence-corrected chi connectivity index (χ0v) is 21.4. The van der Waals surface area contributed by atoms with Gasteiger partial charge < -0.3 is 9.47 Å². The molecular weight excluding hydrogens is 418 g/mol. The van der Waals surface area contributed by atoms with Crippen molar-refractivity contribution in [3.63, 3.8) is 0 Å². The smallest absolute Gasteiger partial charge is 0.415 e. The van der Waals surface area contributed by atoms with Crippen LogP contribution in [0.5, 0.6) is 0 Å². The lowest BCUT2D eigenvalue weighted by molar-refractivity contribution is -0.145. The summed E-state index contributed by atoms with van der Waals surface area (Å²) in [6, 6.07) is 7.79. The molecule has 1 aromatic rings. The van der Waals surface area contributed by atoms with Crippen LogP contribution in [0.1, 0.15) is 51.2 Å². The van der Waals surface area contributed by atoms with Crippen molar-refractivity contribution in [1.29, 1.82) is 0 Å². The highest BCUT2D eigenvalue weighted by Gasteiger charge is 2.46. The van der Waals surface area contributed by atoms with E-state index in [2.05, 4.69) is 55.4 Å². The van der Waals surface area contributed by atoms with E-state index in [1.165, 1.54) is 18.2 Å². The Morgan fingerprint density at radius 3 is 2.56 bits per heavy atom. The fraction of sp³-hybridized carbons (Fsp3) is 0.538. The van der Waals surface area contributed by atoms with Crippen LogP contribution in [0, 0.1) is 17.4 Å². The summed E-state index contributed by atoms with van der Waals surface area (Å²) in [4.78, 5) is 27.0. The number of likely N-dealkylation sites (tertiary alicyclic amines) is 1. The second-order valence-electron chi connectivity index (χ2n) is 10.7. The van der Waals surface area contributed by atoms with Crippen molar-refractivity contribution in [2.75, 3.05) is 7.11 Å². The van der Waals surface area contributed by atoms with Crippen LogP contribution in [-0.2, 0) is 20.7 Å². The number of benzene rings is 1. The molecule has 0 fully saturated rings. The maximum Gasteiger partial charge on any atom is 0.415 e. The molecule has 0 N–H and O–H groups in total. The number of rotatable bonds is 3. The summed E-state index contributed by atoms with van der Waals surface area (Å²) >= 11 is 0. The van der Waals surface area contributed by atoms with E-state index in [-0.39, 0.29) is 0 Å². The molecule has 1 aliphatic carbocycles. The van der Waals surface area contributed by atoms with Gasteiger partial charge in [-0.05, 0) is 69.2 Å². The topological polar surface area (TPSA) is 55.8 Å². The molecule has 5 nitrogen and oxygen atoms in total. The first-order valence-electron chi connectivity index (χ1n) is 11.3. The predicted octanol–water partition coefficient (Wildman–Crippen LogP) is 5.30. The highest BCUT2D eigenvalue weighted by atomic mass is 28.3. The van der Waals surface area contributed by atoms with Crippen molar-refractivity contribution in [3.05, 3.63) is 46.7 Å². The summed E-state index contributed by atoms with van der Waals surface area (Å²) in [5.74, 6) is 3.24. The van der Waals surface area contributed by atoms with Gasteiger partial charge >= 0.3 is 12.1 Å². The number of carbonyl (C=O) groups excluding carboxylic acids is 2. The molecule has 2 unspecified atom stereocenters. The number of amides is 1. The Bertz CT molecular complexity index is 988. The first kappa shape index (κ1) is 24.1.